The molecule has 0 unspecified atom stereocenters. The third-order valence-electron chi connectivity index (χ3n) is 6.48. The minimum Gasteiger partial charge on any atom is -0.497 e. The topological polar surface area (TPSA) is 96.0 Å². The van der Waals surface area contributed by atoms with Gasteiger partial charge in [0, 0.05) is 18.1 Å². The standard InChI is InChI=1S/C30H36ClN3O5S/c1-5-17-32-30(36)28(6-2)33(20-23-11-10-12-25(18-23)39-4)29(35)21-34(24-16-15-22(3)27(31)19-24)40(37,38)26-13-8-7-9-14-26/h7-16,18-19,28H,5-6,17,20-21H2,1-4H3,(H,32,36)/t28-/m1/s1. The molecule has 3 aromatic rings. The molecule has 2 amide bonds. The Kier molecular flexibility index (Phi) is 11.0. The maximum Gasteiger partial charge on any atom is 0.264 e. The molecule has 0 aliphatic carbocycles. The minimum absolute atomic E-state index is 0.0339. The largest absolute Gasteiger partial charge is 0.497 e. The molecule has 0 aromatic heterocycles. The molecule has 214 valence electrons. The number of benzene rings is 3. The Balaban J connectivity index is 2.07. The molecule has 1 atom stereocenters. The molecule has 0 aliphatic heterocycles. The number of sulfonamides is 1. The fourth-order valence-electron chi connectivity index (χ4n) is 4.24. The summed E-state index contributed by atoms with van der Waals surface area (Å²) >= 11 is 6.37. The van der Waals surface area contributed by atoms with E-state index in [9.17, 15) is 18.0 Å². The molecule has 0 bridgehead atoms. The molecule has 3 rings (SSSR count). The molecule has 8 nitrogen and oxygen atoms in total. The van der Waals surface area contributed by atoms with Crippen molar-refractivity contribution in [3.05, 3.63) is 88.9 Å². The lowest BCUT2D eigenvalue weighted by molar-refractivity contribution is -0.140. The second-order valence-electron chi connectivity index (χ2n) is 9.35. The van der Waals surface area contributed by atoms with Gasteiger partial charge in [-0.2, -0.15) is 0 Å². The fourth-order valence-corrected chi connectivity index (χ4v) is 5.84. The molecule has 0 saturated heterocycles. The van der Waals surface area contributed by atoms with Crippen LogP contribution in [-0.2, 0) is 26.2 Å². The number of hydrogen-bond acceptors (Lipinski definition) is 5. The molecule has 3 aromatic carbocycles. The predicted molar refractivity (Wildman–Crippen MR) is 158 cm³/mol. The van der Waals surface area contributed by atoms with Gasteiger partial charge in [0.1, 0.15) is 18.3 Å². The second-order valence-corrected chi connectivity index (χ2v) is 11.6. The number of amides is 2. The van der Waals surface area contributed by atoms with Crippen LogP contribution in [0.3, 0.4) is 0 Å². The van der Waals surface area contributed by atoms with Gasteiger partial charge in [0.05, 0.1) is 17.7 Å². The fraction of sp³-hybridized carbons (Fsp3) is 0.333. The van der Waals surface area contributed by atoms with Crippen molar-refractivity contribution in [1.29, 1.82) is 0 Å². The summed E-state index contributed by atoms with van der Waals surface area (Å²) in [5, 5.41) is 3.25. The molecular formula is C30H36ClN3O5S. The van der Waals surface area contributed by atoms with Gasteiger partial charge in [0.2, 0.25) is 11.8 Å². The van der Waals surface area contributed by atoms with Crippen LogP contribution in [0.1, 0.15) is 37.8 Å². The van der Waals surface area contributed by atoms with E-state index in [1.807, 2.05) is 26.8 Å². The molecule has 10 heteroatoms. The Labute approximate surface area is 241 Å². The number of carbonyl (C=O) groups excluding carboxylic acids is 2. The lowest BCUT2D eigenvalue weighted by atomic mass is 10.1. The summed E-state index contributed by atoms with van der Waals surface area (Å²) in [4.78, 5) is 28.7. The molecule has 0 fully saturated rings. The van der Waals surface area contributed by atoms with E-state index in [0.29, 0.717) is 23.7 Å². The zero-order valence-corrected chi connectivity index (χ0v) is 24.8. The number of rotatable bonds is 13. The highest BCUT2D eigenvalue weighted by molar-refractivity contribution is 7.92. The summed E-state index contributed by atoms with van der Waals surface area (Å²) in [7, 11) is -2.61. The average molecular weight is 586 g/mol. The number of hydrogen-bond donors (Lipinski definition) is 1. The van der Waals surface area contributed by atoms with Gasteiger partial charge < -0.3 is 15.0 Å². The van der Waals surface area contributed by atoms with Crippen LogP contribution in [0.15, 0.2) is 77.7 Å². The summed E-state index contributed by atoms with van der Waals surface area (Å²) in [5.41, 5.74) is 1.76. The average Bonchev–Trinajstić information content (AvgIpc) is 2.96. The van der Waals surface area contributed by atoms with Gasteiger partial charge in [-0.3, -0.25) is 13.9 Å². The first-order valence-corrected chi connectivity index (χ1v) is 15.0. The van der Waals surface area contributed by atoms with Crippen LogP contribution >= 0.6 is 11.6 Å². The van der Waals surface area contributed by atoms with Gasteiger partial charge in [-0.05, 0) is 67.3 Å². The van der Waals surface area contributed by atoms with Crippen molar-refractivity contribution >= 4 is 39.1 Å². The molecule has 1 N–H and O–H groups in total. The van der Waals surface area contributed by atoms with Gasteiger partial charge >= 0.3 is 0 Å². The summed E-state index contributed by atoms with van der Waals surface area (Å²) in [6.45, 7) is 5.59. The highest BCUT2D eigenvalue weighted by Crippen LogP contribution is 2.29. The van der Waals surface area contributed by atoms with E-state index in [0.717, 1.165) is 21.9 Å². The maximum absolute atomic E-state index is 14.1. The molecule has 0 aliphatic rings. The Morgan fingerprint density at radius 3 is 2.35 bits per heavy atom. The molecule has 0 heterocycles. The van der Waals surface area contributed by atoms with E-state index in [1.54, 1.807) is 55.6 Å². The van der Waals surface area contributed by atoms with Crippen LogP contribution in [0.2, 0.25) is 5.02 Å². The third kappa shape index (κ3) is 7.55. The van der Waals surface area contributed by atoms with Crippen LogP contribution in [0.4, 0.5) is 5.69 Å². The summed E-state index contributed by atoms with van der Waals surface area (Å²) in [6.07, 6.45) is 1.08. The van der Waals surface area contributed by atoms with Crippen LogP contribution in [-0.4, -0.2) is 51.4 Å². The Hall–Kier alpha value is -3.56. The number of anilines is 1. The van der Waals surface area contributed by atoms with Gasteiger partial charge in [-0.15, -0.1) is 0 Å². The van der Waals surface area contributed by atoms with Crippen molar-refractivity contribution < 1.29 is 22.7 Å². The normalized spacial score (nSPS) is 11.9. The van der Waals surface area contributed by atoms with Gasteiger partial charge in [-0.1, -0.05) is 61.8 Å². The highest BCUT2D eigenvalue weighted by Gasteiger charge is 2.33. The first kappa shape index (κ1) is 31.0. The summed E-state index contributed by atoms with van der Waals surface area (Å²) < 4.78 is 34.1. The number of nitrogens with zero attached hydrogens (tertiary/aromatic N) is 2. The number of nitrogens with one attached hydrogen (secondary N) is 1. The van der Waals surface area contributed by atoms with Crippen molar-refractivity contribution in [2.24, 2.45) is 0 Å². The molecule has 40 heavy (non-hydrogen) atoms. The van der Waals surface area contributed by atoms with E-state index in [2.05, 4.69) is 5.32 Å². The third-order valence-corrected chi connectivity index (χ3v) is 8.67. The van der Waals surface area contributed by atoms with Crippen molar-refractivity contribution in [1.82, 2.24) is 10.2 Å². The molecular weight excluding hydrogens is 550 g/mol. The predicted octanol–water partition coefficient (Wildman–Crippen LogP) is 5.19. The Morgan fingerprint density at radius 2 is 1.73 bits per heavy atom. The van der Waals surface area contributed by atoms with Crippen LogP contribution in [0, 0.1) is 6.92 Å². The first-order valence-electron chi connectivity index (χ1n) is 13.2. The van der Waals surface area contributed by atoms with Crippen molar-refractivity contribution in [3.8, 4) is 5.75 Å². The maximum atomic E-state index is 14.1. The van der Waals surface area contributed by atoms with Crippen molar-refractivity contribution in [2.75, 3.05) is 24.5 Å². The molecule has 0 spiro atoms. The lowest BCUT2D eigenvalue weighted by Gasteiger charge is -2.33. The zero-order valence-electron chi connectivity index (χ0n) is 23.3. The SMILES string of the molecule is CCCNC(=O)[C@@H](CC)N(Cc1cccc(OC)c1)C(=O)CN(c1ccc(C)c(Cl)c1)S(=O)(=O)c1ccccc1. The second kappa shape index (κ2) is 14.2. The van der Waals surface area contributed by atoms with E-state index in [1.165, 1.54) is 23.1 Å². The lowest BCUT2D eigenvalue weighted by Crippen LogP contribution is -2.52. The minimum atomic E-state index is -4.16. The first-order chi connectivity index (χ1) is 19.1. The smallest absolute Gasteiger partial charge is 0.264 e. The van der Waals surface area contributed by atoms with E-state index >= 15 is 0 Å². The van der Waals surface area contributed by atoms with Crippen molar-refractivity contribution in [3.63, 3.8) is 0 Å². The Morgan fingerprint density at radius 1 is 1.00 bits per heavy atom. The number of halogens is 1. The number of methoxy groups -OCH3 is 1. The number of carbonyl (C=O) groups is 2. The molecule has 0 saturated carbocycles. The van der Waals surface area contributed by atoms with Crippen LogP contribution in [0.25, 0.3) is 0 Å². The van der Waals surface area contributed by atoms with Crippen LogP contribution in [0.5, 0.6) is 5.75 Å². The summed E-state index contributed by atoms with van der Waals surface area (Å²) in [6, 6.07) is 19.2. The van der Waals surface area contributed by atoms with Gasteiger partial charge in [0.15, 0.2) is 0 Å². The van der Waals surface area contributed by atoms with Crippen molar-refractivity contribution in [2.45, 2.75) is 51.1 Å². The van der Waals surface area contributed by atoms with E-state index in [-0.39, 0.29) is 23.0 Å². The number of ether oxygens (including phenoxy) is 1. The quantitative estimate of drug-likeness (QED) is 0.298. The summed E-state index contributed by atoms with van der Waals surface area (Å²) in [5.74, 6) is -0.218. The van der Waals surface area contributed by atoms with Gasteiger partial charge in [-0.25, -0.2) is 8.42 Å². The number of aryl methyl sites for hydroxylation is 1. The zero-order chi connectivity index (χ0) is 29.3. The van der Waals surface area contributed by atoms with Gasteiger partial charge in [0.25, 0.3) is 10.0 Å². The van der Waals surface area contributed by atoms with E-state index in [4.69, 9.17) is 16.3 Å². The highest BCUT2D eigenvalue weighted by atomic mass is 35.5. The molecule has 0 radical (unpaired) electrons. The van der Waals surface area contributed by atoms with E-state index < -0.39 is 28.5 Å². The van der Waals surface area contributed by atoms with Crippen LogP contribution < -0.4 is 14.4 Å². The Bertz CT molecular complexity index is 1420. The monoisotopic (exact) mass is 585 g/mol.